The number of ether oxygens (including phenoxy) is 3. The second-order valence-corrected chi connectivity index (χ2v) is 4.24. The predicted molar refractivity (Wildman–Crippen MR) is 80.3 cm³/mol. The third-order valence-electron chi connectivity index (χ3n) is 2.92. The number of nitrogens with zero attached hydrogens (tertiary/aromatic N) is 1. The van der Waals surface area contributed by atoms with Gasteiger partial charge in [-0.2, -0.15) is 0 Å². The molecule has 0 bridgehead atoms. The fourth-order valence-corrected chi connectivity index (χ4v) is 1.88. The number of carbonyl (C=O) groups is 1. The van der Waals surface area contributed by atoms with E-state index in [0.29, 0.717) is 22.6 Å². The van der Waals surface area contributed by atoms with E-state index in [1.54, 1.807) is 42.5 Å². The monoisotopic (exact) mass is 301 g/mol. The molecule has 0 heterocycles. The van der Waals surface area contributed by atoms with Crippen LogP contribution in [0.3, 0.4) is 0 Å². The molecule has 0 atom stereocenters. The largest absolute Gasteiger partial charge is 0.496 e. The van der Waals surface area contributed by atoms with Crippen LogP contribution >= 0.6 is 0 Å². The molecule has 6 nitrogen and oxygen atoms in total. The van der Waals surface area contributed by atoms with Gasteiger partial charge < -0.3 is 19.4 Å². The minimum Gasteiger partial charge on any atom is -0.496 e. The highest BCUT2D eigenvalue weighted by Gasteiger charge is 2.16. The summed E-state index contributed by atoms with van der Waals surface area (Å²) in [6.45, 7) is 0. The summed E-state index contributed by atoms with van der Waals surface area (Å²) in [6, 6.07) is 11.5. The van der Waals surface area contributed by atoms with Crippen LogP contribution in [0, 0.1) is 0 Å². The molecule has 0 fully saturated rings. The molecular weight excluding hydrogens is 286 g/mol. The average molecular weight is 301 g/mol. The van der Waals surface area contributed by atoms with Gasteiger partial charge in [-0.15, -0.1) is 0 Å². The Morgan fingerprint density at radius 2 is 1.77 bits per heavy atom. The Morgan fingerprint density at radius 1 is 1.05 bits per heavy atom. The molecule has 2 aromatic rings. The molecular formula is C16H15NO5. The van der Waals surface area contributed by atoms with Crippen molar-refractivity contribution >= 4 is 12.2 Å². The van der Waals surface area contributed by atoms with Crippen molar-refractivity contribution in [1.29, 1.82) is 0 Å². The van der Waals surface area contributed by atoms with Crippen molar-refractivity contribution in [2.75, 3.05) is 14.2 Å². The van der Waals surface area contributed by atoms with Gasteiger partial charge in [0.25, 0.3) is 0 Å². The number of carbonyl (C=O) groups excluding carboxylic acids is 1. The van der Waals surface area contributed by atoms with E-state index in [2.05, 4.69) is 5.16 Å². The standard InChI is InChI=1S/C16H15NO5/c1-20-13-6-4-3-5-12(13)16(18)22-14-8-7-11(10-17-19)9-15(14)21-2/h3-10,19H,1-2H3. The molecule has 0 saturated carbocycles. The summed E-state index contributed by atoms with van der Waals surface area (Å²) < 4.78 is 15.7. The predicted octanol–water partition coefficient (Wildman–Crippen LogP) is 2.73. The van der Waals surface area contributed by atoms with E-state index in [4.69, 9.17) is 19.4 Å². The van der Waals surface area contributed by atoms with Gasteiger partial charge in [-0.1, -0.05) is 17.3 Å². The summed E-state index contributed by atoms with van der Waals surface area (Å²) in [7, 11) is 2.94. The first-order valence-electron chi connectivity index (χ1n) is 6.40. The molecule has 2 aromatic carbocycles. The number of hydrogen-bond donors (Lipinski definition) is 1. The van der Waals surface area contributed by atoms with Crippen LogP contribution in [0.15, 0.2) is 47.6 Å². The molecule has 6 heteroatoms. The van der Waals surface area contributed by atoms with Crippen molar-refractivity contribution in [3.8, 4) is 17.2 Å². The van der Waals surface area contributed by atoms with Gasteiger partial charge in [0.2, 0.25) is 0 Å². The molecule has 0 aliphatic carbocycles. The number of methoxy groups -OCH3 is 2. The fraction of sp³-hybridized carbons (Fsp3) is 0.125. The molecule has 0 aromatic heterocycles. The first-order chi connectivity index (χ1) is 10.7. The van der Waals surface area contributed by atoms with Crippen LogP contribution in [-0.4, -0.2) is 31.6 Å². The summed E-state index contributed by atoms with van der Waals surface area (Å²) in [5.74, 6) is 0.476. The highest BCUT2D eigenvalue weighted by atomic mass is 16.6. The lowest BCUT2D eigenvalue weighted by atomic mass is 10.2. The van der Waals surface area contributed by atoms with Gasteiger partial charge in [-0.05, 0) is 30.3 Å². The van der Waals surface area contributed by atoms with Gasteiger partial charge in [0.15, 0.2) is 11.5 Å². The van der Waals surface area contributed by atoms with E-state index in [-0.39, 0.29) is 5.75 Å². The van der Waals surface area contributed by atoms with Crippen molar-refractivity contribution in [3.05, 3.63) is 53.6 Å². The van der Waals surface area contributed by atoms with Crippen LogP contribution in [0.1, 0.15) is 15.9 Å². The molecule has 22 heavy (non-hydrogen) atoms. The Balaban J connectivity index is 2.28. The molecule has 0 aliphatic rings. The number of hydrogen-bond acceptors (Lipinski definition) is 6. The zero-order valence-electron chi connectivity index (χ0n) is 12.1. The van der Waals surface area contributed by atoms with Gasteiger partial charge in [0.1, 0.15) is 11.3 Å². The lowest BCUT2D eigenvalue weighted by molar-refractivity contribution is 0.0726. The summed E-state index contributed by atoms with van der Waals surface area (Å²) >= 11 is 0. The number of rotatable bonds is 5. The normalized spacial score (nSPS) is 10.5. The second kappa shape index (κ2) is 7.12. The minimum atomic E-state index is -0.556. The zero-order chi connectivity index (χ0) is 15.9. The maximum Gasteiger partial charge on any atom is 0.347 e. The van der Waals surface area contributed by atoms with Crippen molar-refractivity contribution in [1.82, 2.24) is 0 Å². The molecule has 0 saturated heterocycles. The smallest absolute Gasteiger partial charge is 0.347 e. The molecule has 0 radical (unpaired) electrons. The summed E-state index contributed by atoms with van der Waals surface area (Å²) in [5, 5.41) is 11.5. The summed E-state index contributed by atoms with van der Waals surface area (Å²) in [6.07, 6.45) is 1.24. The quantitative estimate of drug-likeness (QED) is 0.302. The van der Waals surface area contributed by atoms with Crippen molar-refractivity contribution in [3.63, 3.8) is 0 Å². The molecule has 1 N–H and O–H groups in total. The van der Waals surface area contributed by atoms with E-state index >= 15 is 0 Å². The van der Waals surface area contributed by atoms with E-state index in [1.807, 2.05) is 0 Å². The van der Waals surface area contributed by atoms with Crippen molar-refractivity contribution in [2.45, 2.75) is 0 Å². The zero-order valence-corrected chi connectivity index (χ0v) is 12.1. The van der Waals surface area contributed by atoms with Crippen LogP contribution in [0.25, 0.3) is 0 Å². The number of esters is 1. The average Bonchev–Trinajstić information content (AvgIpc) is 2.56. The molecule has 0 aliphatic heterocycles. The molecule has 0 spiro atoms. The fourth-order valence-electron chi connectivity index (χ4n) is 1.88. The first kappa shape index (κ1) is 15.4. The van der Waals surface area contributed by atoms with Crippen molar-refractivity contribution in [2.24, 2.45) is 5.16 Å². The maximum absolute atomic E-state index is 12.2. The van der Waals surface area contributed by atoms with Crippen LogP contribution in [0.2, 0.25) is 0 Å². The summed E-state index contributed by atoms with van der Waals surface area (Å²) in [4.78, 5) is 12.2. The highest BCUT2D eigenvalue weighted by Crippen LogP contribution is 2.29. The maximum atomic E-state index is 12.2. The number of oxime groups is 1. The lowest BCUT2D eigenvalue weighted by Gasteiger charge is -2.11. The Hall–Kier alpha value is -3.02. The second-order valence-electron chi connectivity index (χ2n) is 4.24. The molecule has 2 rings (SSSR count). The SMILES string of the molecule is COc1cc(C=NO)ccc1OC(=O)c1ccccc1OC. The van der Waals surface area contributed by atoms with Gasteiger partial charge >= 0.3 is 5.97 Å². The Morgan fingerprint density at radius 3 is 2.45 bits per heavy atom. The Kier molecular flexibility index (Phi) is 4.98. The third kappa shape index (κ3) is 3.35. The molecule has 0 amide bonds. The topological polar surface area (TPSA) is 77.4 Å². The van der Waals surface area contributed by atoms with Crippen LogP contribution in [0.4, 0.5) is 0 Å². The van der Waals surface area contributed by atoms with Gasteiger partial charge in [-0.3, -0.25) is 0 Å². The van der Waals surface area contributed by atoms with E-state index in [0.717, 1.165) is 0 Å². The molecule has 114 valence electrons. The van der Waals surface area contributed by atoms with E-state index in [9.17, 15) is 4.79 Å². The third-order valence-corrected chi connectivity index (χ3v) is 2.92. The summed E-state index contributed by atoms with van der Waals surface area (Å²) in [5.41, 5.74) is 0.921. The lowest BCUT2D eigenvalue weighted by Crippen LogP contribution is -2.10. The number of benzene rings is 2. The van der Waals surface area contributed by atoms with Crippen molar-refractivity contribution < 1.29 is 24.2 Å². The van der Waals surface area contributed by atoms with E-state index < -0.39 is 5.97 Å². The van der Waals surface area contributed by atoms with Gasteiger partial charge in [0.05, 0.1) is 20.4 Å². The van der Waals surface area contributed by atoms with Crippen LogP contribution < -0.4 is 14.2 Å². The van der Waals surface area contributed by atoms with Gasteiger partial charge in [0, 0.05) is 5.56 Å². The van der Waals surface area contributed by atoms with E-state index in [1.165, 1.54) is 20.4 Å². The minimum absolute atomic E-state index is 0.258. The Labute approximate surface area is 127 Å². The number of para-hydroxylation sites is 1. The van der Waals surface area contributed by atoms with Gasteiger partial charge in [-0.25, -0.2) is 4.79 Å². The first-order valence-corrected chi connectivity index (χ1v) is 6.40. The van der Waals surface area contributed by atoms with Crippen LogP contribution in [-0.2, 0) is 0 Å². The Bertz CT molecular complexity index is 697. The van der Waals surface area contributed by atoms with Crippen LogP contribution in [0.5, 0.6) is 17.2 Å². The molecule has 0 unspecified atom stereocenters. The highest BCUT2D eigenvalue weighted by molar-refractivity contribution is 5.94.